The molecule has 9 heteroatoms. The predicted octanol–water partition coefficient (Wildman–Crippen LogP) is 3.89. The van der Waals surface area contributed by atoms with Crippen molar-refractivity contribution in [1.29, 1.82) is 0 Å². The standard InChI is InChI=1S/C21H18N4O4S/c1-13-10-15-4-3-5-19(20(15)22-11-13)30(27,28)25-17-8-6-16(7-9-17)24-21(26)18-12-23-29-14(18)2/h3-12,25H,1-2H3,(H,24,26). The van der Waals surface area contributed by atoms with E-state index < -0.39 is 10.0 Å². The molecular weight excluding hydrogens is 404 g/mol. The van der Waals surface area contributed by atoms with Gasteiger partial charge in [0.15, 0.2) is 0 Å². The number of carbonyl (C=O) groups is 1. The SMILES string of the molecule is Cc1cnc2c(S(=O)(=O)Nc3ccc(NC(=O)c4cnoc4C)cc3)cccc2c1. The van der Waals surface area contributed by atoms with Crippen LogP contribution < -0.4 is 10.0 Å². The van der Waals surface area contributed by atoms with Crippen LogP contribution in [0.1, 0.15) is 21.7 Å². The lowest BCUT2D eigenvalue weighted by Gasteiger charge is -2.11. The molecule has 0 saturated carbocycles. The van der Waals surface area contributed by atoms with Crippen molar-refractivity contribution in [3.8, 4) is 0 Å². The second kappa shape index (κ2) is 7.60. The average Bonchev–Trinajstić information content (AvgIpc) is 3.14. The van der Waals surface area contributed by atoms with E-state index in [4.69, 9.17) is 4.52 Å². The molecule has 0 saturated heterocycles. The minimum absolute atomic E-state index is 0.0975. The smallest absolute Gasteiger partial charge is 0.264 e. The third kappa shape index (κ3) is 3.87. The maximum atomic E-state index is 12.9. The number of nitrogens with zero attached hydrogens (tertiary/aromatic N) is 2. The lowest BCUT2D eigenvalue weighted by atomic mass is 10.2. The van der Waals surface area contributed by atoms with Gasteiger partial charge in [0.05, 0.1) is 11.7 Å². The van der Waals surface area contributed by atoms with E-state index in [1.165, 1.54) is 12.3 Å². The Bertz CT molecular complexity index is 1350. The van der Waals surface area contributed by atoms with Crippen LogP contribution in [0.2, 0.25) is 0 Å². The van der Waals surface area contributed by atoms with Gasteiger partial charge in [-0.3, -0.25) is 14.5 Å². The second-order valence-corrected chi connectivity index (χ2v) is 8.42. The van der Waals surface area contributed by atoms with E-state index in [9.17, 15) is 13.2 Å². The topological polar surface area (TPSA) is 114 Å². The van der Waals surface area contributed by atoms with Crippen molar-refractivity contribution in [3.05, 3.63) is 77.8 Å². The highest BCUT2D eigenvalue weighted by Gasteiger charge is 2.19. The number of para-hydroxylation sites is 1. The van der Waals surface area contributed by atoms with Crippen LogP contribution in [0.3, 0.4) is 0 Å². The Morgan fingerprint density at radius 3 is 2.43 bits per heavy atom. The highest BCUT2D eigenvalue weighted by Crippen LogP contribution is 2.25. The van der Waals surface area contributed by atoms with Gasteiger partial charge in [0.2, 0.25) is 0 Å². The minimum atomic E-state index is -3.85. The summed E-state index contributed by atoms with van der Waals surface area (Å²) in [6, 6.07) is 13.2. The van der Waals surface area contributed by atoms with Crippen LogP contribution in [0.25, 0.3) is 10.9 Å². The van der Waals surface area contributed by atoms with Crippen LogP contribution in [-0.4, -0.2) is 24.5 Å². The summed E-state index contributed by atoms with van der Waals surface area (Å²) in [5.41, 5.74) is 2.55. The molecule has 0 unspecified atom stereocenters. The maximum absolute atomic E-state index is 12.9. The number of hydrogen-bond acceptors (Lipinski definition) is 6. The molecule has 0 bridgehead atoms. The number of amides is 1. The summed E-state index contributed by atoms with van der Waals surface area (Å²) in [6.45, 7) is 3.54. The first-order chi connectivity index (χ1) is 14.3. The molecule has 4 rings (SSSR count). The molecule has 0 aliphatic rings. The molecule has 1 amide bonds. The number of carbonyl (C=O) groups excluding carboxylic acids is 1. The molecule has 152 valence electrons. The molecule has 0 fully saturated rings. The van der Waals surface area contributed by atoms with Gasteiger partial charge in [-0.05, 0) is 55.8 Å². The number of benzene rings is 2. The Balaban J connectivity index is 1.54. The number of pyridine rings is 1. The zero-order valence-corrected chi connectivity index (χ0v) is 17.0. The number of hydrogen-bond donors (Lipinski definition) is 2. The Hall–Kier alpha value is -3.72. The van der Waals surface area contributed by atoms with Gasteiger partial charge in [-0.15, -0.1) is 0 Å². The monoisotopic (exact) mass is 422 g/mol. The highest BCUT2D eigenvalue weighted by molar-refractivity contribution is 7.93. The van der Waals surface area contributed by atoms with Crippen LogP contribution in [0.4, 0.5) is 11.4 Å². The zero-order valence-electron chi connectivity index (χ0n) is 16.2. The van der Waals surface area contributed by atoms with Crippen LogP contribution in [0.15, 0.2) is 70.3 Å². The largest absolute Gasteiger partial charge is 0.361 e. The number of sulfonamides is 1. The third-order valence-electron chi connectivity index (χ3n) is 4.49. The Labute approximate surface area is 173 Å². The van der Waals surface area contributed by atoms with E-state index in [-0.39, 0.29) is 10.8 Å². The molecule has 0 spiro atoms. The summed E-state index contributed by atoms with van der Waals surface area (Å²) in [5.74, 6) is 0.0509. The van der Waals surface area contributed by atoms with Gasteiger partial charge < -0.3 is 9.84 Å². The predicted molar refractivity (Wildman–Crippen MR) is 113 cm³/mol. The summed E-state index contributed by atoms with van der Waals surface area (Å²) in [7, 11) is -3.85. The first kappa shape index (κ1) is 19.6. The fourth-order valence-electron chi connectivity index (χ4n) is 3.01. The van der Waals surface area contributed by atoms with Crippen LogP contribution in [-0.2, 0) is 10.0 Å². The Kier molecular flexibility index (Phi) is 4.96. The summed E-state index contributed by atoms with van der Waals surface area (Å²) in [6.07, 6.45) is 2.98. The number of aromatic nitrogens is 2. The van der Waals surface area contributed by atoms with E-state index in [0.717, 1.165) is 10.9 Å². The van der Waals surface area contributed by atoms with Crippen molar-refractivity contribution in [1.82, 2.24) is 10.1 Å². The summed E-state index contributed by atoms with van der Waals surface area (Å²) < 4.78 is 33.3. The third-order valence-corrected chi connectivity index (χ3v) is 5.90. The van der Waals surface area contributed by atoms with E-state index in [2.05, 4.69) is 20.2 Å². The summed E-state index contributed by atoms with van der Waals surface area (Å²) in [4.78, 5) is 16.6. The summed E-state index contributed by atoms with van der Waals surface area (Å²) in [5, 5.41) is 7.04. The van der Waals surface area contributed by atoms with E-state index in [0.29, 0.717) is 28.2 Å². The van der Waals surface area contributed by atoms with Crippen molar-refractivity contribution in [2.24, 2.45) is 0 Å². The van der Waals surface area contributed by atoms with Gasteiger partial charge >= 0.3 is 0 Å². The molecule has 30 heavy (non-hydrogen) atoms. The summed E-state index contributed by atoms with van der Waals surface area (Å²) >= 11 is 0. The van der Waals surface area contributed by atoms with Crippen molar-refractivity contribution in [3.63, 3.8) is 0 Å². The van der Waals surface area contributed by atoms with E-state index in [1.807, 2.05) is 19.1 Å². The first-order valence-electron chi connectivity index (χ1n) is 9.04. The number of rotatable bonds is 5. The molecule has 0 aliphatic carbocycles. The van der Waals surface area contributed by atoms with Crippen molar-refractivity contribution in [2.75, 3.05) is 10.0 Å². The number of anilines is 2. The minimum Gasteiger partial charge on any atom is -0.361 e. The molecule has 2 aromatic heterocycles. The van der Waals surface area contributed by atoms with Crippen LogP contribution in [0, 0.1) is 13.8 Å². The molecular formula is C21H18N4O4S. The number of fused-ring (bicyclic) bond motifs is 1. The fraction of sp³-hybridized carbons (Fsp3) is 0.0952. The van der Waals surface area contributed by atoms with Gasteiger partial charge in [-0.1, -0.05) is 17.3 Å². The van der Waals surface area contributed by atoms with E-state index in [1.54, 1.807) is 43.5 Å². The molecule has 4 aromatic rings. The van der Waals surface area contributed by atoms with Gasteiger partial charge in [0.25, 0.3) is 15.9 Å². The van der Waals surface area contributed by atoms with Gasteiger partial charge in [-0.25, -0.2) is 8.42 Å². The lowest BCUT2D eigenvalue weighted by Crippen LogP contribution is -2.14. The molecule has 0 radical (unpaired) electrons. The van der Waals surface area contributed by atoms with Crippen molar-refractivity contribution in [2.45, 2.75) is 18.7 Å². The lowest BCUT2D eigenvalue weighted by molar-refractivity contribution is 0.102. The molecule has 2 N–H and O–H groups in total. The molecule has 2 aromatic carbocycles. The first-order valence-corrected chi connectivity index (χ1v) is 10.5. The molecule has 0 aliphatic heterocycles. The highest BCUT2D eigenvalue weighted by atomic mass is 32.2. The molecule has 0 atom stereocenters. The van der Waals surface area contributed by atoms with Crippen molar-refractivity contribution < 1.29 is 17.7 Å². The molecule has 2 heterocycles. The van der Waals surface area contributed by atoms with Gasteiger partial charge in [0, 0.05) is 23.0 Å². The Morgan fingerprint density at radius 2 is 1.73 bits per heavy atom. The second-order valence-electron chi connectivity index (χ2n) is 6.77. The van der Waals surface area contributed by atoms with E-state index >= 15 is 0 Å². The fourth-order valence-corrected chi connectivity index (χ4v) is 4.25. The average molecular weight is 422 g/mol. The number of nitrogens with one attached hydrogen (secondary N) is 2. The normalized spacial score (nSPS) is 11.4. The maximum Gasteiger partial charge on any atom is 0.264 e. The van der Waals surface area contributed by atoms with Gasteiger partial charge in [0.1, 0.15) is 16.2 Å². The quantitative estimate of drug-likeness (QED) is 0.504. The van der Waals surface area contributed by atoms with Gasteiger partial charge in [-0.2, -0.15) is 0 Å². The van der Waals surface area contributed by atoms with Crippen molar-refractivity contribution >= 4 is 38.2 Å². The van der Waals surface area contributed by atoms with Crippen LogP contribution in [0.5, 0.6) is 0 Å². The number of aryl methyl sites for hydroxylation is 2. The zero-order chi connectivity index (χ0) is 21.3. The van der Waals surface area contributed by atoms with Crippen LogP contribution >= 0.6 is 0 Å². The Morgan fingerprint density at radius 1 is 1.00 bits per heavy atom. The molecule has 8 nitrogen and oxygen atoms in total.